The fourth-order valence-electron chi connectivity index (χ4n) is 2.48. The van der Waals surface area contributed by atoms with E-state index in [0.717, 1.165) is 28.3 Å². The number of hydrogen-bond donors (Lipinski definition) is 1. The molecule has 0 saturated heterocycles. The minimum Gasteiger partial charge on any atom is -0.497 e. The molecule has 0 radical (unpaired) electrons. The van der Waals surface area contributed by atoms with E-state index < -0.39 is 0 Å². The van der Waals surface area contributed by atoms with Crippen molar-refractivity contribution in [3.8, 4) is 11.7 Å². The molecule has 2 aromatic heterocycles. The van der Waals surface area contributed by atoms with Crippen LogP contribution in [0.5, 0.6) is 5.75 Å². The standard InChI is InChI=1S/C20H21N5O2/c1-13-14(2)24-25(15(13)3)20-21-11-17(12-22-20)23-19(26)10-7-16-5-8-18(27-4)9-6-16/h5-12H,1-4H3,(H,23,26)/b10-7+. The van der Waals surface area contributed by atoms with Gasteiger partial charge in [0.05, 0.1) is 30.9 Å². The quantitative estimate of drug-likeness (QED) is 0.704. The molecule has 0 saturated carbocycles. The summed E-state index contributed by atoms with van der Waals surface area (Å²) in [5, 5.41) is 7.17. The van der Waals surface area contributed by atoms with E-state index in [0.29, 0.717) is 11.6 Å². The second-order valence-electron chi connectivity index (χ2n) is 6.08. The maximum absolute atomic E-state index is 12.1. The van der Waals surface area contributed by atoms with Crippen molar-refractivity contribution in [2.75, 3.05) is 12.4 Å². The van der Waals surface area contributed by atoms with Crippen LogP contribution in [0.25, 0.3) is 12.0 Å². The molecule has 1 amide bonds. The third kappa shape index (κ3) is 4.20. The van der Waals surface area contributed by atoms with Gasteiger partial charge in [-0.1, -0.05) is 12.1 Å². The lowest BCUT2D eigenvalue weighted by Gasteiger charge is -2.05. The Bertz CT molecular complexity index is 973. The average molecular weight is 363 g/mol. The summed E-state index contributed by atoms with van der Waals surface area (Å²) in [7, 11) is 1.61. The van der Waals surface area contributed by atoms with Crippen LogP contribution in [0.4, 0.5) is 5.69 Å². The van der Waals surface area contributed by atoms with Crippen LogP contribution in [-0.2, 0) is 4.79 Å². The first-order valence-electron chi connectivity index (χ1n) is 8.46. The topological polar surface area (TPSA) is 81.9 Å². The fourth-order valence-corrected chi connectivity index (χ4v) is 2.48. The van der Waals surface area contributed by atoms with Crippen molar-refractivity contribution in [2.45, 2.75) is 20.8 Å². The van der Waals surface area contributed by atoms with Crippen LogP contribution in [0.1, 0.15) is 22.5 Å². The predicted octanol–water partition coefficient (Wildman–Crippen LogP) is 3.25. The first kappa shape index (κ1) is 18.3. The molecule has 0 unspecified atom stereocenters. The van der Waals surface area contributed by atoms with Gasteiger partial charge in [0, 0.05) is 11.8 Å². The Morgan fingerprint density at radius 3 is 2.33 bits per heavy atom. The van der Waals surface area contributed by atoms with Crippen LogP contribution in [0.3, 0.4) is 0 Å². The van der Waals surface area contributed by atoms with Gasteiger partial charge in [-0.2, -0.15) is 5.10 Å². The fraction of sp³-hybridized carbons (Fsp3) is 0.200. The van der Waals surface area contributed by atoms with Gasteiger partial charge in [-0.25, -0.2) is 14.6 Å². The van der Waals surface area contributed by atoms with E-state index in [1.54, 1.807) is 30.3 Å². The van der Waals surface area contributed by atoms with Crippen LogP contribution < -0.4 is 10.1 Å². The summed E-state index contributed by atoms with van der Waals surface area (Å²) in [6, 6.07) is 7.42. The molecule has 27 heavy (non-hydrogen) atoms. The van der Waals surface area contributed by atoms with Gasteiger partial charge in [0.15, 0.2) is 0 Å². The zero-order valence-electron chi connectivity index (χ0n) is 15.7. The first-order valence-corrected chi connectivity index (χ1v) is 8.46. The van der Waals surface area contributed by atoms with Gasteiger partial charge in [-0.05, 0) is 50.1 Å². The molecule has 1 aromatic carbocycles. The Balaban J connectivity index is 1.66. The zero-order chi connectivity index (χ0) is 19.4. The molecule has 2 heterocycles. The van der Waals surface area contributed by atoms with Gasteiger partial charge in [0.1, 0.15) is 5.75 Å². The highest BCUT2D eigenvalue weighted by atomic mass is 16.5. The number of nitrogens with one attached hydrogen (secondary N) is 1. The molecular formula is C20H21N5O2. The largest absolute Gasteiger partial charge is 0.497 e. The zero-order valence-corrected chi connectivity index (χ0v) is 15.7. The molecule has 0 atom stereocenters. The maximum atomic E-state index is 12.1. The summed E-state index contributed by atoms with van der Waals surface area (Å²) in [6.45, 7) is 5.93. The molecular weight excluding hydrogens is 342 g/mol. The Morgan fingerprint density at radius 2 is 1.78 bits per heavy atom. The van der Waals surface area contributed by atoms with E-state index in [9.17, 15) is 4.79 Å². The molecule has 0 aliphatic carbocycles. The summed E-state index contributed by atoms with van der Waals surface area (Å²) in [5.41, 5.74) is 4.46. The van der Waals surface area contributed by atoms with Crippen LogP contribution in [0.15, 0.2) is 42.7 Å². The number of ether oxygens (including phenoxy) is 1. The van der Waals surface area contributed by atoms with Crippen LogP contribution in [-0.4, -0.2) is 32.8 Å². The van der Waals surface area contributed by atoms with E-state index >= 15 is 0 Å². The number of amides is 1. The summed E-state index contributed by atoms with van der Waals surface area (Å²) < 4.78 is 6.80. The number of aromatic nitrogens is 4. The van der Waals surface area contributed by atoms with Crippen LogP contribution in [0.2, 0.25) is 0 Å². The lowest BCUT2D eigenvalue weighted by Crippen LogP contribution is -2.10. The van der Waals surface area contributed by atoms with Gasteiger partial charge in [0.25, 0.3) is 5.95 Å². The minimum absolute atomic E-state index is 0.260. The second-order valence-corrected chi connectivity index (χ2v) is 6.08. The number of methoxy groups -OCH3 is 1. The second kappa shape index (κ2) is 7.82. The van der Waals surface area contributed by atoms with Crippen molar-refractivity contribution in [3.05, 3.63) is 65.2 Å². The van der Waals surface area contributed by atoms with Gasteiger partial charge in [-0.15, -0.1) is 0 Å². The molecule has 7 heteroatoms. The van der Waals surface area contributed by atoms with Gasteiger partial charge >= 0.3 is 0 Å². The van der Waals surface area contributed by atoms with Crippen molar-refractivity contribution in [3.63, 3.8) is 0 Å². The summed E-state index contributed by atoms with van der Waals surface area (Å²) >= 11 is 0. The van der Waals surface area contributed by atoms with E-state index in [2.05, 4.69) is 20.4 Å². The number of benzene rings is 1. The third-order valence-electron chi connectivity index (χ3n) is 4.29. The normalized spacial score (nSPS) is 11.0. The maximum Gasteiger partial charge on any atom is 0.250 e. The highest BCUT2D eigenvalue weighted by molar-refractivity contribution is 6.01. The molecule has 0 fully saturated rings. The average Bonchev–Trinajstić information content (AvgIpc) is 2.95. The molecule has 3 aromatic rings. The Labute approximate surface area is 157 Å². The van der Waals surface area contributed by atoms with Crippen molar-refractivity contribution in [1.82, 2.24) is 19.7 Å². The van der Waals surface area contributed by atoms with Crippen molar-refractivity contribution in [1.29, 1.82) is 0 Å². The summed E-state index contributed by atoms with van der Waals surface area (Å²) in [4.78, 5) is 20.7. The highest BCUT2D eigenvalue weighted by Gasteiger charge is 2.11. The Morgan fingerprint density at radius 1 is 1.11 bits per heavy atom. The molecule has 0 aliphatic rings. The number of nitrogens with zero attached hydrogens (tertiary/aromatic N) is 4. The van der Waals surface area contributed by atoms with Crippen molar-refractivity contribution >= 4 is 17.7 Å². The molecule has 0 spiro atoms. The summed E-state index contributed by atoms with van der Waals surface area (Å²) in [5.74, 6) is 0.978. The summed E-state index contributed by atoms with van der Waals surface area (Å²) in [6.07, 6.45) is 6.31. The number of rotatable bonds is 5. The van der Waals surface area contributed by atoms with Gasteiger partial charge in [0.2, 0.25) is 5.91 Å². The van der Waals surface area contributed by atoms with E-state index in [-0.39, 0.29) is 5.91 Å². The number of carbonyl (C=O) groups excluding carboxylic acids is 1. The smallest absolute Gasteiger partial charge is 0.250 e. The van der Waals surface area contributed by atoms with E-state index in [1.165, 1.54) is 6.08 Å². The number of hydrogen-bond acceptors (Lipinski definition) is 5. The van der Waals surface area contributed by atoms with Crippen LogP contribution in [0, 0.1) is 20.8 Å². The Kier molecular flexibility index (Phi) is 5.30. The molecule has 0 aliphatic heterocycles. The monoisotopic (exact) mass is 363 g/mol. The molecule has 138 valence electrons. The highest BCUT2D eigenvalue weighted by Crippen LogP contribution is 2.15. The van der Waals surface area contributed by atoms with E-state index in [1.807, 2.05) is 45.0 Å². The van der Waals surface area contributed by atoms with Crippen LogP contribution >= 0.6 is 0 Å². The van der Waals surface area contributed by atoms with E-state index in [4.69, 9.17) is 4.74 Å². The van der Waals surface area contributed by atoms with Gasteiger partial charge in [-0.3, -0.25) is 4.79 Å². The molecule has 1 N–H and O–H groups in total. The molecule has 0 bridgehead atoms. The number of anilines is 1. The lowest BCUT2D eigenvalue weighted by atomic mass is 10.2. The Hall–Kier alpha value is -3.48. The molecule has 3 rings (SSSR count). The van der Waals surface area contributed by atoms with Crippen molar-refractivity contribution in [2.24, 2.45) is 0 Å². The number of aryl methyl sites for hydroxylation is 1. The predicted molar refractivity (Wildman–Crippen MR) is 104 cm³/mol. The number of carbonyl (C=O) groups is 1. The van der Waals surface area contributed by atoms with Crippen molar-refractivity contribution < 1.29 is 9.53 Å². The van der Waals surface area contributed by atoms with Gasteiger partial charge < -0.3 is 10.1 Å². The SMILES string of the molecule is COc1ccc(/C=C/C(=O)Nc2cnc(-n3nc(C)c(C)c3C)nc2)cc1. The lowest BCUT2D eigenvalue weighted by molar-refractivity contribution is -0.111. The molecule has 7 nitrogen and oxygen atoms in total. The third-order valence-corrected chi connectivity index (χ3v) is 4.29. The first-order chi connectivity index (χ1) is 13.0. The minimum atomic E-state index is -0.260.